The van der Waals surface area contributed by atoms with Crippen molar-refractivity contribution in [3.8, 4) is 0 Å². The van der Waals surface area contributed by atoms with Crippen LogP contribution in [0.5, 0.6) is 0 Å². The van der Waals surface area contributed by atoms with Crippen LogP contribution in [0, 0.1) is 0 Å². The predicted molar refractivity (Wildman–Crippen MR) is 79.5 cm³/mol. The number of pyridine rings is 1. The Morgan fingerprint density at radius 1 is 0.857 bits per heavy atom. The van der Waals surface area contributed by atoms with Crippen LogP contribution in [0.25, 0.3) is 10.8 Å². The van der Waals surface area contributed by atoms with Gasteiger partial charge in [-0.2, -0.15) is 0 Å². The lowest BCUT2D eigenvalue weighted by atomic mass is 10.1. The molecule has 0 spiro atoms. The summed E-state index contributed by atoms with van der Waals surface area (Å²) in [6.07, 6.45) is 4.00. The van der Waals surface area contributed by atoms with Gasteiger partial charge in [0.2, 0.25) is 0 Å². The molecule has 0 aliphatic heterocycles. The van der Waals surface area contributed by atoms with Crippen LogP contribution < -0.4 is 4.57 Å². The molecule has 0 bridgehead atoms. The van der Waals surface area contributed by atoms with Crippen LogP contribution in [-0.2, 0) is 17.2 Å². The summed E-state index contributed by atoms with van der Waals surface area (Å²) in [5, 5.41) is 1.67. The molecule has 0 saturated carbocycles. The fourth-order valence-electron chi connectivity index (χ4n) is 1.81. The van der Waals surface area contributed by atoms with Crippen molar-refractivity contribution in [2.45, 2.75) is 4.90 Å². The zero-order valence-corrected chi connectivity index (χ0v) is 12.3. The fraction of sp³-hybridized carbons (Fsp3) is 0.0625. The maximum Gasteiger partial charge on any atom is 0.168 e. The molecule has 1 heterocycles. The summed E-state index contributed by atoms with van der Waals surface area (Å²) in [5.41, 5.74) is 0. The molecular weight excluding hydrogens is 286 g/mol. The highest BCUT2D eigenvalue weighted by Gasteiger charge is 2.01. The van der Waals surface area contributed by atoms with Crippen LogP contribution >= 0.6 is 0 Å². The molecule has 0 radical (unpaired) electrons. The Labute approximate surface area is 124 Å². The van der Waals surface area contributed by atoms with Crippen molar-refractivity contribution in [3.63, 3.8) is 0 Å². The summed E-state index contributed by atoms with van der Waals surface area (Å²) in [7, 11) is -2.34. The first-order chi connectivity index (χ1) is 9.97. The molecule has 3 rings (SSSR count). The van der Waals surface area contributed by atoms with Crippen molar-refractivity contribution in [1.29, 1.82) is 0 Å². The maximum absolute atomic E-state index is 10.7. The largest absolute Gasteiger partial charge is 0.744 e. The lowest BCUT2D eigenvalue weighted by Gasteiger charge is -2.07. The highest BCUT2D eigenvalue weighted by Crippen LogP contribution is 2.18. The van der Waals surface area contributed by atoms with E-state index in [2.05, 4.69) is 0 Å². The molecule has 4 nitrogen and oxygen atoms in total. The maximum atomic E-state index is 10.7. The molecule has 0 fully saturated rings. The lowest BCUT2D eigenvalue weighted by Crippen LogP contribution is -2.25. The first-order valence-corrected chi connectivity index (χ1v) is 7.72. The summed E-state index contributed by atoms with van der Waals surface area (Å²) in [4.78, 5) is -0.184. The van der Waals surface area contributed by atoms with E-state index in [0.717, 1.165) is 10.8 Å². The summed E-state index contributed by atoms with van der Waals surface area (Å²) in [6, 6.07) is 17.6. The van der Waals surface area contributed by atoms with Crippen molar-refractivity contribution in [2.75, 3.05) is 0 Å². The van der Waals surface area contributed by atoms with E-state index < -0.39 is 10.1 Å². The van der Waals surface area contributed by atoms with E-state index in [1.807, 2.05) is 54.3 Å². The van der Waals surface area contributed by atoms with Crippen LogP contribution in [0.1, 0.15) is 0 Å². The number of rotatable bonds is 1. The second kappa shape index (κ2) is 6.47. The van der Waals surface area contributed by atoms with Crippen LogP contribution in [-0.4, -0.2) is 13.0 Å². The molecule has 2 aromatic carbocycles. The highest BCUT2D eigenvalue weighted by molar-refractivity contribution is 7.85. The SMILES string of the molecule is C[n+]1ccccc1.O=S(=O)([O-])c1ccc2ccccc2c1. The molecule has 5 heteroatoms. The van der Waals surface area contributed by atoms with Gasteiger partial charge in [-0.3, -0.25) is 0 Å². The quantitative estimate of drug-likeness (QED) is 0.511. The van der Waals surface area contributed by atoms with Gasteiger partial charge >= 0.3 is 0 Å². The van der Waals surface area contributed by atoms with Crippen molar-refractivity contribution in [2.24, 2.45) is 7.05 Å². The average molecular weight is 301 g/mol. The molecule has 0 unspecified atom stereocenters. The molecule has 0 aliphatic carbocycles. The minimum atomic E-state index is -4.34. The van der Waals surface area contributed by atoms with E-state index in [0.29, 0.717) is 0 Å². The van der Waals surface area contributed by atoms with E-state index in [9.17, 15) is 13.0 Å². The predicted octanol–water partition coefficient (Wildman–Crippen LogP) is 2.25. The van der Waals surface area contributed by atoms with Gasteiger partial charge < -0.3 is 4.55 Å². The van der Waals surface area contributed by atoms with Crippen LogP contribution in [0.2, 0.25) is 0 Å². The third kappa shape index (κ3) is 4.37. The molecular formula is C16H15NO3S. The van der Waals surface area contributed by atoms with Gasteiger partial charge in [0.15, 0.2) is 12.4 Å². The number of nitrogens with zero attached hydrogens (tertiary/aromatic N) is 1. The smallest absolute Gasteiger partial charge is 0.168 e. The first kappa shape index (κ1) is 15.2. The Kier molecular flexibility index (Phi) is 4.67. The number of aromatic nitrogens is 1. The zero-order valence-electron chi connectivity index (χ0n) is 11.5. The summed E-state index contributed by atoms with van der Waals surface area (Å²) in [6.45, 7) is 0. The molecule has 0 aliphatic rings. The van der Waals surface area contributed by atoms with Crippen LogP contribution in [0.4, 0.5) is 0 Å². The molecule has 1 aromatic heterocycles. The second-order valence-corrected chi connectivity index (χ2v) is 5.88. The van der Waals surface area contributed by atoms with Gasteiger partial charge in [-0.05, 0) is 22.9 Å². The van der Waals surface area contributed by atoms with Gasteiger partial charge in [0.25, 0.3) is 0 Å². The van der Waals surface area contributed by atoms with Crippen molar-refractivity contribution < 1.29 is 17.5 Å². The lowest BCUT2D eigenvalue weighted by molar-refractivity contribution is -0.671. The monoisotopic (exact) mass is 301 g/mol. The fourth-order valence-corrected chi connectivity index (χ4v) is 2.31. The van der Waals surface area contributed by atoms with E-state index in [1.54, 1.807) is 18.2 Å². The van der Waals surface area contributed by atoms with Crippen molar-refractivity contribution >= 4 is 20.9 Å². The third-order valence-corrected chi connectivity index (χ3v) is 3.71. The second-order valence-electron chi connectivity index (χ2n) is 4.50. The Morgan fingerprint density at radius 2 is 1.48 bits per heavy atom. The third-order valence-electron chi connectivity index (χ3n) is 2.87. The number of aryl methyl sites for hydroxylation is 1. The van der Waals surface area contributed by atoms with Crippen molar-refractivity contribution in [1.82, 2.24) is 0 Å². The van der Waals surface area contributed by atoms with Crippen LogP contribution in [0.3, 0.4) is 0 Å². The van der Waals surface area contributed by atoms with E-state index in [4.69, 9.17) is 0 Å². The van der Waals surface area contributed by atoms with Gasteiger partial charge in [-0.25, -0.2) is 13.0 Å². The molecule has 0 amide bonds. The number of hydrogen-bond donors (Lipinski definition) is 0. The summed E-state index contributed by atoms with van der Waals surface area (Å²) in [5.74, 6) is 0. The normalized spacial score (nSPS) is 10.8. The molecule has 21 heavy (non-hydrogen) atoms. The Morgan fingerprint density at radius 3 is 2.00 bits per heavy atom. The minimum absolute atomic E-state index is 0.184. The Balaban J connectivity index is 0.000000194. The van der Waals surface area contributed by atoms with E-state index in [-0.39, 0.29) is 4.90 Å². The van der Waals surface area contributed by atoms with Gasteiger partial charge in [0.05, 0.1) is 4.90 Å². The topological polar surface area (TPSA) is 61.1 Å². The Bertz CT molecular complexity index is 830. The molecule has 0 N–H and O–H groups in total. The molecule has 0 atom stereocenters. The van der Waals surface area contributed by atoms with Gasteiger partial charge in [0, 0.05) is 12.1 Å². The summed E-state index contributed by atoms with van der Waals surface area (Å²) >= 11 is 0. The minimum Gasteiger partial charge on any atom is -0.744 e. The molecule has 3 aromatic rings. The van der Waals surface area contributed by atoms with Gasteiger partial charge in [-0.1, -0.05) is 36.4 Å². The van der Waals surface area contributed by atoms with Crippen LogP contribution in [0.15, 0.2) is 78.0 Å². The summed E-state index contributed by atoms with van der Waals surface area (Å²) < 4.78 is 34.2. The van der Waals surface area contributed by atoms with Gasteiger partial charge in [0.1, 0.15) is 17.2 Å². The standard InChI is InChI=1S/C10H8O3S.C6H8N/c11-14(12,13)10-6-5-8-3-1-2-4-9(8)7-10;1-7-5-3-2-4-6-7/h1-7H,(H,11,12,13);2-6H,1H3/q;+1/p-1. The molecule has 0 saturated heterocycles. The van der Waals surface area contributed by atoms with E-state index in [1.165, 1.54) is 12.1 Å². The van der Waals surface area contributed by atoms with Gasteiger partial charge in [-0.15, -0.1) is 0 Å². The highest BCUT2D eigenvalue weighted by atomic mass is 32.2. The number of fused-ring (bicyclic) bond motifs is 1. The number of hydrogen-bond acceptors (Lipinski definition) is 3. The average Bonchev–Trinajstić information content (AvgIpc) is 2.47. The molecule has 108 valence electrons. The Hall–Kier alpha value is -2.24. The van der Waals surface area contributed by atoms with Crippen molar-refractivity contribution in [3.05, 3.63) is 73.1 Å². The first-order valence-electron chi connectivity index (χ1n) is 6.32. The zero-order chi connectivity index (χ0) is 15.3. The van der Waals surface area contributed by atoms with E-state index >= 15 is 0 Å². The number of benzene rings is 2.